The molecule has 19 heavy (non-hydrogen) atoms. The van der Waals surface area contributed by atoms with Crippen molar-refractivity contribution in [2.75, 3.05) is 33.8 Å². The van der Waals surface area contributed by atoms with Crippen molar-refractivity contribution >= 4 is 11.8 Å². The number of carbonyl (C=O) groups excluding carboxylic acids is 2. The predicted molar refractivity (Wildman–Crippen MR) is 70.6 cm³/mol. The Balaban J connectivity index is 1.71. The summed E-state index contributed by atoms with van der Waals surface area (Å²) in [6.45, 7) is 2.12. The van der Waals surface area contributed by atoms with E-state index >= 15 is 0 Å². The van der Waals surface area contributed by atoms with Gasteiger partial charge in [0.15, 0.2) is 0 Å². The van der Waals surface area contributed by atoms with Crippen LogP contribution in [0, 0.1) is 5.92 Å². The van der Waals surface area contributed by atoms with E-state index in [1.807, 2.05) is 11.9 Å². The summed E-state index contributed by atoms with van der Waals surface area (Å²) in [6.07, 6.45) is 2.48. The minimum Gasteiger partial charge on any atom is -0.380 e. The Morgan fingerprint density at radius 2 is 2.37 bits per heavy atom. The molecule has 2 aliphatic rings. The molecule has 2 rings (SSSR count). The zero-order valence-electron chi connectivity index (χ0n) is 11.6. The number of likely N-dealkylation sites (tertiary alicyclic amines) is 1. The average molecular weight is 269 g/mol. The first-order valence-corrected chi connectivity index (χ1v) is 6.90. The Labute approximate surface area is 113 Å². The van der Waals surface area contributed by atoms with Crippen LogP contribution < -0.4 is 10.6 Å². The highest BCUT2D eigenvalue weighted by molar-refractivity contribution is 5.82. The summed E-state index contributed by atoms with van der Waals surface area (Å²) in [5.41, 5.74) is 0. The average Bonchev–Trinajstić information content (AvgIpc) is 2.96. The molecule has 6 heteroatoms. The Hall–Kier alpha value is -1.14. The van der Waals surface area contributed by atoms with E-state index in [-0.39, 0.29) is 29.9 Å². The largest absolute Gasteiger partial charge is 0.380 e. The molecule has 2 N–H and O–H groups in total. The lowest BCUT2D eigenvalue weighted by molar-refractivity contribution is -0.126. The number of likely N-dealkylation sites (N-methyl/N-ethyl adjacent to an activating group) is 1. The monoisotopic (exact) mass is 269 g/mol. The van der Waals surface area contributed by atoms with Crippen molar-refractivity contribution in [3.8, 4) is 0 Å². The number of rotatable bonds is 5. The maximum Gasteiger partial charge on any atom is 0.237 e. The van der Waals surface area contributed by atoms with Crippen molar-refractivity contribution in [1.82, 2.24) is 15.5 Å². The molecule has 0 bridgehead atoms. The van der Waals surface area contributed by atoms with E-state index in [0.29, 0.717) is 6.54 Å². The molecule has 0 aromatic heterocycles. The molecule has 1 unspecified atom stereocenters. The molecule has 108 valence electrons. The second-order valence-electron chi connectivity index (χ2n) is 5.41. The van der Waals surface area contributed by atoms with Crippen molar-refractivity contribution in [2.45, 2.75) is 31.4 Å². The maximum absolute atomic E-state index is 12.1. The summed E-state index contributed by atoms with van der Waals surface area (Å²) >= 11 is 0. The van der Waals surface area contributed by atoms with Crippen LogP contribution in [0.2, 0.25) is 0 Å². The fourth-order valence-corrected chi connectivity index (χ4v) is 2.84. The topological polar surface area (TPSA) is 70.7 Å². The van der Waals surface area contributed by atoms with E-state index in [4.69, 9.17) is 4.74 Å². The van der Waals surface area contributed by atoms with Crippen LogP contribution >= 0.6 is 0 Å². The molecular formula is C13H23N3O3. The SMILES string of the molecule is CO[C@@H]1CC(C(=O)NCC[C@H]2CCNC2=O)N(C)C1. The molecule has 3 atom stereocenters. The third kappa shape index (κ3) is 3.45. The molecular weight excluding hydrogens is 246 g/mol. The minimum absolute atomic E-state index is 0.0421. The molecule has 0 saturated carbocycles. The van der Waals surface area contributed by atoms with E-state index in [2.05, 4.69) is 10.6 Å². The molecule has 2 aliphatic heterocycles. The molecule has 0 spiro atoms. The number of ether oxygens (including phenoxy) is 1. The van der Waals surface area contributed by atoms with Gasteiger partial charge in [0.1, 0.15) is 0 Å². The number of carbonyl (C=O) groups is 2. The van der Waals surface area contributed by atoms with Crippen molar-refractivity contribution in [3.05, 3.63) is 0 Å². The van der Waals surface area contributed by atoms with E-state index in [1.165, 1.54) is 0 Å². The van der Waals surface area contributed by atoms with Gasteiger partial charge < -0.3 is 15.4 Å². The number of methoxy groups -OCH3 is 1. The highest BCUT2D eigenvalue weighted by atomic mass is 16.5. The van der Waals surface area contributed by atoms with Crippen molar-refractivity contribution < 1.29 is 14.3 Å². The number of hydrogen-bond acceptors (Lipinski definition) is 4. The number of nitrogens with one attached hydrogen (secondary N) is 2. The Kier molecular flexibility index (Phi) is 4.76. The van der Waals surface area contributed by atoms with Gasteiger partial charge in [0, 0.05) is 32.7 Å². The maximum atomic E-state index is 12.1. The van der Waals surface area contributed by atoms with Crippen molar-refractivity contribution in [3.63, 3.8) is 0 Å². The fourth-order valence-electron chi connectivity index (χ4n) is 2.84. The van der Waals surface area contributed by atoms with Gasteiger partial charge in [-0.2, -0.15) is 0 Å². The Morgan fingerprint density at radius 1 is 1.58 bits per heavy atom. The van der Waals surface area contributed by atoms with E-state index < -0.39 is 0 Å². The Morgan fingerprint density at radius 3 is 2.95 bits per heavy atom. The first-order chi connectivity index (χ1) is 9.11. The summed E-state index contributed by atoms with van der Waals surface area (Å²) in [5.74, 6) is 0.223. The van der Waals surface area contributed by atoms with Gasteiger partial charge in [-0.25, -0.2) is 0 Å². The summed E-state index contributed by atoms with van der Waals surface area (Å²) in [5, 5.41) is 5.74. The lowest BCUT2D eigenvalue weighted by atomic mass is 10.0. The molecule has 2 saturated heterocycles. The molecule has 2 fully saturated rings. The number of amides is 2. The zero-order valence-corrected chi connectivity index (χ0v) is 11.6. The van der Waals surface area contributed by atoms with Crippen molar-refractivity contribution in [2.24, 2.45) is 5.92 Å². The van der Waals surface area contributed by atoms with Crippen LogP contribution in [0.15, 0.2) is 0 Å². The smallest absolute Gasteiger partial charge is 0.237 e. The zero-order chi connectivity index (χ0) is 13.8. The fraction of sp³-hybridized carbons (Fsp3) is 0.846. The van der Waals surface area contributed by atoms with E-state index in [9.17, 15) is 9.59 Å². The first kappa shape index (κ1) is 14.3. The lowest BCUT2D eigenvalue weighted by Gasteiger charge is -2.18. The molecule has 2 heterocycles. The van der Waals surface area contributed by atoms with Gasteiger partial charge >= 0.3 is 0 Å². The van der Waals surface area contributed by atoms with E-state index in [0.717, 1.165) is 32.4 Å². The summed E-state index contributed by atoms with van der Waals surface area (Å²) in [7, 11) is 3.62. The Bertz CT molecular complexity index is 348. The van der Waals surface area contributed by atoms with Crippen LogP contribution in [0.5, 0.6) is 0 Å². The van der Waals surface area contributed by atoms with Crippen LogP contribution in [-0.4, -0.2) is 62.7 Å². The van der Waals surface area contributed by atoms with Crippen LogP contribution in [0.4, 0.5) is 0 Å². The molecule has 2 amide bonds. The van der Waals surface area contributed by atoms with Crippen LogP contribution in [0.3, 0.4) is 0 Å². The van der Waals surface area contributed by atoms with E-state index in [1.54, 1.807) is 7.11 Å². The summed E-state index contributed by atoms with van der Waals surface area (Å²) in [6, 6.07) is -0.109. The van der Waals surface area contributed by atoms with Gasteiger partial charge in [0.05, 0.1) is 12.1 Å². The van der Waals surface area contributed by atoms with Gasteiger partial charge in [-0.1, -0.05) is 0 Å². The molecule has 0 radical (unpaired) electrons. The lowest BCUT2D eigenvalue weighted by Crippen LogP contribution is -2.42. The number of hydrogen-bond donors (Lipinski definition) is 2. The van der Waals surface area contributed by atoms with Crippen LogP contribution in [-0.2, 0) is 14.3 Å². The molecule has 0 aromatic carbocycles. The third-order valence-corrected chi connectivity index (χ3v) is 4.10. The third-order valence-electron chi connectivity index (χ3n) is 4.10. The highest BCUT2D eigenvalue weighted by Crippen LogP contribution is 2.18. The van der Waals surface area contributed by atoms with Gasteiger partial charge in [0.25, 0.3) is 0 Å². The van der Waals surface area contributed by atoms with Gasteiger partial charge in [-0.3, -0.25) is 14.5 Å². The highest BCUT2D eigenvalue weighted by Gasteiger charge is 2.34. The van der Waals surface area contributed by atoms with Gasteiger partial charge in [-0.15, -0.1) is 0 Å². The summed E-state index contributed by atoms with van der Waals surface area (Å²) in [4.78, 5) is 25.5. The normalized spacial score (nSPS) is 31.5. The second-order valence-corrected chi connectivity index (χ2v) is 5.41. The standard InChI is InChI=1S/C13H23N3O3/c1-16-8-10(19-2)7-11(16)13(18)15-6-4-9-3-5-14-12(9)17/h9-11H,3-8H2,1-2H3,(H,14,17)(H,15,18)/t9-,10-,11?/m1/s1. The number of nitrogens with zero attached hydrogens (tertiary/aromatic N) is 1. The van der Waals surface area contributed by atoms with Crippen LogP contribution in [0.25, 0.3) is 0 Å². The van der Waals surface area contributed by atoms with Crippen molar-refractivity contribution in [1.29, 1.82) is 0 Å². The minimum atomic E-state index is -0.109. The first-order valence-electron chi connectivity index (χ1n) is 6.90. The molecule has 0 aromatic rings. The van der Waals surface area contributed by atoms with Gasteiger partial charge in [0.2, 0.25) is 11.8 Å². The predicted octanol–water partition coefficient (Wildman–Crippen LogP) is -0.652. The van der Waals surface area contributed by atoms with Gasteiger partial charge in [-0.05, 0) is 26.3 Å². The van der Waals surface area contributed by atoms with Crippen LogP contribution in [0.1, 0.15) is 19.3 Å². The second kappa shape index (κ2) is 6.34. The summed E-state index contributed by atoms with van der Waals surface area (Å²) < 4.78 is 5.29. The quantitative estimate of drug-likeness (QED) is 0.696. The molecule has 0 aliphatic carbocycles. The molecule has 6 nitrogen and oxygen atoms in total.